The average Bonchev–Trinajstić information content (AvgIpc) is 2.53. The van der Waals surface area contributed by atoms with Crippen molar-refractivity contribution in [2.45, 2.75) is 52.3 Å². The molecule has 2 N–H and O–H groups in total. The van der Waals surface area contributed by atoms with Crippen LogP contribution in [0.3, 0.4) is 0 Å². The van der Waals surface area contributed by atoms with Crippen LogP contribution in [-0.2, 0) is 6.54 Å². The lowest BCUT2D eigenvalue weighted by molar-refractivity contribution is 0.0571. The van der Waals surface area contributed by atoms with Gasteiger partial charge in [0.25, 0.3) is 0 Å². The van der Waals surface area contributed by atoms with Crippen molar-refractivity contribution in [2.24, 2.45) is 5.41 Å². The van der Waals surface area contributed by atoms with E-state index in [1.807, 2.05) is 24.3 Å². The smallest absolute Gasteiger partial charge is 0.0991 e. The van der Waals surface area contributed by atoms with Gasteiger partial charge in [-0.15, -0.1) is 0 Å². The van der Waals surface area contributed by atoms with Crippen LogP contribution >= 0.6 is 0 Å². The fraction of sp³-hybridized carbons (Fsp3) is 0.632. The van der Waals surface area contributed by atoms with Crippen LogP contribution in [0.4, 0.5) is 0 Å². The molecule has 1 saturated heterocycles. The summed E-state index contributed by atoms with van der Waals surface area (Å²) in [6.07, 6.45) is 1.93. The van der Waals surface area contributed by atoms with Gasteiger partial charge in [0.05, 0.1) is 17.7 Å². The Kier molecular flexibility index (Phi) is 6.17. The van der Waals surface area contributed by atoms with Crippen LogP contribution in [0.25, 0.3) is 0 Å². The summed E-state index contributed by atoms with van der Waals surface area (Å²) in [6.45, 7) is 9.97. The number of aliphatic hydroxyl groups excluding tert-OH is 1. The molecule has 4 nitrogen and oxygen atoms in total. The lowest BCUT2D eigenvalue weighted by atomic mass is 9.89. The minimum absolute atomic E-state index is 0.0662. The van der Waals surface area contributed by atoms with E-state index in [1.54, 1.807) is 0 Å². The van der Waals surface area contributed by atoms with Gasteiger partial charge in [0.2, 0.25) is 0 Å². The van der Waals surface area contributed by atoms with Crippen molar-refractivity contribution in [3.05, 3.63) is 35.4 Å². The van der Waals surface area contributed by atoms with Gasteiger partial charge in [0.15, 0.2) is 0 Å². The quantitative estimate of drug-likeness (QED) is 0.876. The van der Waals surface area contributed by atoms with Gasteiger partial charge in [-0.1, -0.05) is 32.9 Å². The number of piperidine rings is 1. The van der Waals surface area contributed by atoms with E-state index in [0.29, 0.717) is 18.2 Å². The predicted octanol–water partition coefficient (Wildman–Crippen LogP) is 2.52. The zero-order chi connectivity index (χ0) is 16.9. The molecule has 0 radical (unpaired) electrons. The summed E-state index contributed by atoms with van der Waals surface area (Å²) < 4.78 is 0. The fourth-order valence-corrected chi connectivity index (χ4v) is 2.82. The third kappa shape index (κ3) is 5.62. The Bertz CT molecular complexity index is 519. The molecular formula is C19H29N3O. The largest absolute Gasteiger partial charge is 0.391 e. The maximum atomic E-state index is 10.1. The number of hydrogen-bond donors (Lipinski definition) is 2. The van der Waals surface area contributed by atoms with E-state index in [-0.39, 0.29) is 11.5 Å². The zero-order valence-electron chi connectivity index (χ0n) is 14.5. The van der Waals surface area contributed by atoms with E-state index in [4.69, 9.17) is 5.26 Å². The molecule has 0 saturated carbocycles. The highest BCUT2D eigenvalue weighted by atomic mass is 16.3. The SMILES string of the molecule is CC(C)(C)C(O)CNC1CCN(Cc2ccc(C#N)cc2)CC1. The first-order valence-corrected chi connectivity index (χ1v) is 8.51. The number of rotatable bonds is 5. The molecule has 0 bridgehead atoms. The molecule has 0 amide bonds. The van der Waals surface area contributed by atoms with Gasteiger partial charge in [-0.3, -0.25) is 4.90 Å². The molecule has 1 aromatic carbocycles. The zero-order valence-corrected chi connectivity index (χ0v) is 14.5. The van der Waals surface area contributed by atoms with Crippen LogP contribution in [-0.4, -0.2) is 41.8 Å². The highest BCUT2D eigenvalue weighted by Crippen LogP contribution is 2.19. The summed E-state index contributed by atoms with van der Waals surface area (Å²) in [5, 5.41) is 22.5. The summed E-state index contributed by atoms with van der Waals surface area (Å²) in [5.41, 5.74) is 1.91. The Balaban J connectivity index is 1.72. The molecule has 0 aliphatic carbocycles. The van der Waals surface area contributed by atoms with E-state index in [0.717, 1.165) is 32.5 Å². The minimum Gasteiger partial charge on any atom is -0.391 e. The minimum atomic E-state index is -0.306. The molecule has 0 spiro atoms. The number of hydrogen-bond acceptors (Lipinski definition) is 4. The van der Waals surface area contributed by atoms with Crippen molar-refractivity contribution < 1.29 is 5.11 Å². The highest BCUT2D eigenvalue weighted by molar-refractivity contribution is 5.31. The van der Waals surface area contributed by atoms with Crippen molar-refractivity contribution in [1.29, 1.82) is 5.26 Å². The first-order valence-electron chi connectivity index (χ1n) is 8.51. The van der Waals surface area contributed by atoms with E-state index >= 15 is 0 Å². The molecule has 1 fully saturated rings. The summed E-state index contributed by atoms with van der Waals surface area (Å²) >= 11 is 0. The van der Waals surface area contributed by atoms with Crippen molar-refractivity contribution in [3.8, 4) is 6.07 Å². The van der Waals surface area contributed by atoms with Gasteiger partial charge in [0, 0.05) is 19.1 Å². The summed E-state index contributed by atoms with van der Waals surface area (Å²) in [4.78, 5) is 2.46. The number of benzene rings is 1. The van der Waals surface area contributed by atoms with E-state index < -0.39 is 0 Å². The molecule has 126 valence electrons. The highest BCUT2D eigenvalue weighted by Gasteiger charge is 2.24. The van der Waals surface area contributed by atoms with Crippen LogP contribution in [0.5, 0.6) is 0 Å². The normalized spacial score (nSPS) is 18.6. The van der Waals surface area contributed by atoms with Crippen LogP contribution in [0.15, 0.2) is 24.3 Å². The van der Waals surface area contributed by atoms with Gasteiger partial charge in [-0.2, -0.15) is 5.26 Å². The molecule has 23 heavy (non-hydrogen) atoms. The molecule has 2 rings (SSSR count). The van der Waals surface area contributed by atoms with Crippen molar-refractivity contribution in [2.75, 3.05) is 19.6 Å². The van der Waals surface area contributed by atoms with Crippen molar-refractivity contribution in [1.82, 2.24) is 10.2 Å². The second kappa shape index (κ2) is 7.92. The van der Waals surface area contributed by atoms with E-state index in [2.05, 4.69) is 37.1 Å². The molecule has 1 aliphatic rings. The summed E-state index contributed by atoms with van der Waals surface area (Å²) in [7, 11) is 0. The van der Waals surface area contributed by atoms with Gasteiger partial charge in [0.1, 0.15) is 0 Å². The number of likely N-dealkylation sites (tertiary alicyclic amines) is 1. The summed E-state index contributed by atoms with van der Waals surface area (Å²) in [5.74, 6) is 0. The number of nitriles is 1. The number of aliphatic hydroxyl groups is 1. The average molecular weight is 315 g/mol. The van der Waals surface area contributed by atoms with Gasteiger partial charge in [-0.05, 0) is 49.0 Å². The Labute approximate surface area is 140 Å². The lowest BCUT2D eigenvalue weighted by Gasteiger charge is -2.34. The molecule has 1 atom stereocenters. The monoisotopic (exact) mass is 315 g/mol. The molecule has 4 heteroatoms. The van der Waals surface area contributed by atoms with Gasteiger partial charge in [-0.25, -0.2) is 0 Å². The topological polar surface area (TPSA) is 59.3 Å². The Morgan fingerprint density at radius 2 is 1.87 bits per heavy atom. The van der Waals surface area contributed by atoms with Crippen LogP contribution < -0.4 is 5.32 Å². The molecule has 0 aromatic heterocycles. The maximum Gasteiger partial charge on any atom is 0.0991 e. The standard InChI is InChI=1S/C19H29N3O/c1-19(2,3)18(23)13-21-17-8-10-22(11-9-17)14-16-6-4-15(12-20)5-7-16/h4-7,17-18,21,23H,8-11,13-14H2,1-3H3. The predicted molar refractivity (Wildman–Crippen MR) is 92.9 cm³/mol. The first-order chi connectivity index (χ1) is 10.9. The molecule has 1 aliphatic heterocycles. The Hall–Kier alpha value is -1.41. The third-order valence-electron chi connectivity index (χ3n) is 4.68. The second-order valence-electron chi connectivity index (χ2n) is 7.65. The van der Waals surface area contributed by atoms with E-state index in [1.165, 1.54) is 5.56 Å². The molecule has 1 heterocycles. The third-order valence-corrected chi connectivity index (χ3v) is 4.68. The Morgan fingerprint density at radius 3 is 2.39 bits per heavy atom. The van der Waals surface area contributed by atoms with Gasteiger partial charge < -0.3 is 10.4 Å². The molecule has 1 unspecified atom stereocenters. The second-order valence-corrected chi connectivity index (χ2v) is 7.65. The Morgan fingerprint density at radius 1 is 1.26 bits per heavy atom. The van der Waals surface area contributed by atoms with Crippen LogP contribution in [0.1, 0.15) is 44.7 Å². The maximum absolute atomic E-state index is 10.1. The van der Waals surface area contributed by atoms with E-state index in [9.17, 15) is 5.11 Å². The van der Waals surface area contributed by atoms with Crippen LogP contribution in [0.2, 0.25) is 0 Å². The van der Waals surface area contributed by atoms with Crippen molar-refractivity contribution in [3.63, 3.8) is 0 Å². The van der Waals surface area contributed by atoms with Crippen molar-refractivity contribution >= 4 is 0 Å². The molecule has 1 aromatic rings. The van der Waals surface area contributed by atoms with Gasteiger partial charge >= 0.3 is 0 Å². The molecular weight excluding hydrogens is 286 g/mol. The number of nitrogens with one attached hydrogen (secondary N) is 1. The first kappa shape index (κ1) is 17.9. The van der Waals surface area contributed by atoms with Crippen LogP contribution in [0, 0.1) is 16.7 Å². The summed E-state index contributed by atoms with van der Waals surface area (Å²) in [6, 6.07) is 10.5. The number of nitrogens with zero attached hydrogens (tertiary/aromatic N) is 2. The fourth-order valence-electron chi connectivity index (χ4n) is 2.82. The lowest BCUT2D eigenvalue weighted by Crippen LogP contribution is -2.46.